The average Bonchev–Trinajstić information content (AvgIpc) is 2.62. The molecule has 1 amide bonds. The van der Waals surface area contributed by atoms with Crippen LogP contribution in [-0.2, 0) is 21.4 Å². The van der Waals surface area contributed by atoms with Gasteiger partial charge >= 0.3 is 6.09 Å². The Balaban J connectivity index is 1.88. The summed E-state index contributed by atoms with van der Waals surface area (Å²) in [6, 6.07) is 20.2. The van der Waals surface area contributed by atoms with Crippen LogP contribution < -0.4 is 0 Å². The Labute approximate surface area is 177 Å². The second kappa shape index (κ2) is 8.09. The van der Waals surface area contributed by atoms with E-state index in [9.17, 15) is 4.79 Å². The van der Waals surface area contributed by atoms with Gasteiger partial charge in [-0.2, -0.15) is 0 Å². The lowest BCUT2D eigenvalue weighted by molar-refractivity contribution is -0.105. The molecular formula is C23H33NO3Si2. The van der Waals surface area contributed by atoms with Crippen LogP contribution in [-0.4, -0.2) is 39.6 Å². The molecule has 1 aliphatic heterocycles. The molecule has 156 valence electrons. The van der Waals surface area contributed by atoms with Crippen molar-refractivity contribution in [1.29, 1.82) is 0 Å². The van der Waals surface area contributed by atoms with Gasteiger partial charge in [0, 0.05) is 0 Å². The fourth-order valence-electron chi connectivity index (χ4n) is 4.37. The van der Waals surface area contributed by atoms with Crippen molar-refractivity contribution >= 4 is 22.5 Å². The molecule has 2 unspecified atom stereocenters. The van der Waals surface area contributed by atoms with Gasteiger partial charge in [0.05, 0.1) is 20.3 Å². The zero-order chi connectivity index (χ0) is 21.3. The number of carbonyl (C=O) groups is 1. The molecule has 3 rings (SSSR count). The van der Waals surface area contributed by atoms with Crippen molar-refractivity contribution in [1.82, 2.24) is 4.90 Å². The first-order valence-electron chi connectivity index (χ1n) is 10.3. The zero-order valence-electron chi connectivity index (χ0n) is 18.4. The lowest BCUT2D eigenvalue weighted by Gasteiger charge is -2.62. The van der Waals surface area contributed by atoms with E-state index in [0.717, 1.165) is 5.56 Å². The summed E-state index contributed by atoms with van der Waals surface area (Å²) >= 11 is 0. The standard InChI is InChI=1S/C23H33NO3Si2/c1-28(2,3)21-23(27-29(4,5)6,20-15-11-8-12-16-20)18-24(21)22(25)26-17-19-13-9-7-10-14-19/h7-16,21H,17-18H2,1-6H3. The molecular weight excluding hydrogens is 394 g/mol. The normalized spacial score (nSPS) is 22.1. The molecule has 2 aromatic carbocycles. The van der Waals surface area contributed by atoms with Crippen LogP contribution in [0.25, 0.3) is 0 Å². The van der Waals surface area contributed by atoms with Crippen LogP contribution in [0.4, 0.5) is 4.79 Å². The quantitative estimate of drug-likeness (QED) is 0.561. The first-order valence-corrected chi connectivity index (χ1v) is 17.2. The van der Waals surface area contributed by atoms with E-state index in [4.69, 9.17) is 9.16 Å². The average molecular weight is 428 g/mol. The van der Waals surface area contributed by atoms with E-state index in [0.29, 0.717) is 13.2 Å². The van der Waals surface area contributed by atoms with Crippen molar-refractivity contribution in [3.05, 3.63) is 71.8 Å². The Bertz CT molecular complexity index is 831. The number of amides is 1. The van der Waals surface area contributed by atoms with Crippen molar-refractivity contribution in [3.8, 4) is 0 Å². The van der Waals surface area contributed by atoms with Gasteiger partial charge < -0.3 is 14.1 Å². The number of ether oxygens (including phenoxy) is 1. The Morgan fingerprint density at radius 1 is 0.966 bits per heavy atom. The molecule has 29 heavy (non-hydrogen) atoms. The maximum Gasteiger partial charge on any atom is 0.410 e. The van der Waals surface area contributed by atoms with Gasteiger partial charge in [0.15, 0.2) is 8.32 Å². The van der Waals surface area contributed by atoms with Crippen molar-refractivity contribution in [2.45, 2.75) is 57.2 Å². The third-order valence-electron chi connectivity index (χ3n) is 5.17. The highest BCUT2D eigenvalue weighted by Gasteiger charge is 2.62. The fraction of sp³-hybridized carbons (Fsp3) is 0.435. The summed E-state index contributed by atoms with van der Waals surface area (Å²) in [7, 11) is -3.66. The number of likely N-dealkylation sites (tertiary alicyclic amines) is 1. The molecule has 2 aromatic rings. The summed E-state index contributed by atoms with van der Waals surface area (Å²) in [4.78, 5) is 14.9. The van der Waals surface area contributed by atoms with Gasteiger partial charge in [0.2, 0.25) is 0 Å². The summed E-state index contributed by atoms with van der Waals surface area (Å²) < 4.78 is 12.5. The molecule has 1 saturated heterocycles. The molecule has 0 radical (unpaired) electrons. The fourth-order valence-corrected chi connectivity index (χ4v) is 8.72. The molecule has 0 bridgehead atoms. The highest BCUT2D eigenvalue weighted by Crippen LogP contribution is 2.48. The molecule has 4 nitrogen and oxygen atoms in total. The van der Waals surface area contributed by atoms with E-state index in [1.54, 1.807) is 0 Å². The second-order valence-electron chi connectivity index (χ2n) is 9.91. The Morgan fingerprint density at radius 2 is 1.52 bits per heavy atom. The number of nitrogens with zero attached hydrogens (tertiary/aromatic N) is 1. The molecule has 0 spiro atoms. The molecule has 0 N–H and O–H groups in total. The maximum absolute atomic E-state index is 13.0. The SMILES string of the molecule is C[Si](C)(C)OC1(c2ccccc2)CN(C(=O)OCc2ccccc2)C1[Si](C)(C)C. The molecule has 1 aliphatic rings. The zero-order valence-corrected chi connectivity index (χ0v) is 20.4. The van der Waals surface area contributed by atoms with Crippen LogP contribution >= 0.6 is 0 Å². The molecule has 1 fully saturated rings. The number of rotatable bonds is 6. The lowest BCUT2D eigenvalue weighted by Crippen LogP contribution is -2.78. The van der Waals surface area contributed by atoms with Gasteiger partial charge in [0.1, 0.15) is 12.2 Å². The van der Waals surface area contributed by atoms with E-state index in [-0.39, 0.29) is 11.8 Å². The highest BCUT2D eigenvalue weighted by atomic mass is 28.4. The molecule has 0 aliphatic carbocycles. The second-order valence-corrected chi connectivity index (χ2v) is 19.6. The van der Waals surface area contributed by atoms with Crippen LogP contribution in [0, 0.1) is 0 Å². The predicted octanol–water partition coefficient (Wildman–Crippen LogP) is 5.63. The minimum Gasteiger partial charge on any atom is -0.445 e. The summed E-state index contributed by atoms with van der Waals surface area (Å²) in [6.07, 6.45) is -0.244. The summed E-state index contributed by atoms with van der Waals surface area (Å²) in [5.74, 6) is 0. The topological polar surface area (TPSA) is 38.8 Å². The Kier molecular flexibility index (Phi) is 6.08. The molecule has 0 saturated carbocycles. The minimum atomic E-state index is -1.86. The van der Waals surface area contributed by atoms with E-state index in [1.807, 2.05) is 41.3 Å². The van der Waals surface area contributed by atoms with Crippen LogP contribution in [0.2, 0.25) is 39.3 Å². The van der Waals surface area contributed by atoms with E-state index in [2.05, 4.69) is 63.5 Å². The molecule has 6 heteroatoms. The van der Waals surface area contributed by atoms with Crippen molar-refractivity contribution in [2.24, 2.45) is 0 Å². The summed E-state index contributed by atoms with van der Waals surface area (Å²) in [6.45, 7) is 14.4. The Morgan fingerprint density at radius 3 is 2.03 bits per heavy atom. The predicted molar refractivity (Wildman–Crippen MR) is 123 cm³/mol. The molecule has 1 heterocycles. The number of benzene rings is 2. The highest BCUT2D eigenvalue weighted by molar-refractivity contribution is 6.78. The van der Waals surface area contributed by atoms with E-state index < -0.39 is 22.0 Å². The number of hydrogen-bond acceptors (Lipinski definition) is 3. The van der Waals surface area contributed by atoms with Crippen molar-refractivity contribution < 1.29 is 14.0 Å². The van der Waals surface area contributed by atoms with E-state index in [1.165, 1.54) is 5.56 Å². The summed E-state index contributed by atoms with van der Waals surface area (Å²) in [5.41, 5.74) is 1.76. The first kappa shape index (κ1) is 21.8. The third kappa shape index (κ3) is 4.82. The lowest BCUT2D eigenvalue weighted by atomic mass is 9.86. The smallest absolute Gasteiger partial charge is 0.410 e. The van der Waals surface area contributed by atoms with Gasteiger partial charge in [-0.25, -0.2) is 4.79 Å². The Hall–Kier alpha value is -1.90. The summed E-state index contributed by atoms with van der Waals surface area (Å²) in [5, 5.41) is 0. The minimum absolute atomic E-state index is 0.0346. The van der Waals surface area contributed by atoms with Crippen molar-refractivity contribution in [2.75, 3.05) is 6.54 Å². The van der Waals surface area contributed by atoms with Crippen LogP contribution in [0.1, 0.15) is 11.1 Å². The van der Waals surface area contributed by atoms with Gasteiger partial charge in [-0.15, -0.1) is 0 Å². The maximum atomic E-state index is 13.0. The van der Waals surface area contributed by atoms with Crippen molar-refractivity contribution in [3.63, 3.8) is 0 Å². The van der Waals surface area contributed by atoms with Gasteiger partial charge in [-0.05, 0) is 30.8 Å². The van der Waals surface area contributed by atoms with Gasteiger partial charge in [-0.3, -0.25) is 0 Å². The van der Waals surface area contributed by atoms with Crippen LogP contribution in [0.15, 0.2) is 60.7 Å². The molecule has 0 aromatic heterocycles. The van der Waals surface area contributed by atoms with Crippen LogP contribution in [0.5, 0.6) is 0 Å². The number of hydrogen-bond donors (Lipinski definition) is 0. The largest absolute Gasteiger partial charge is 0.445 e. The third-order valence-corrected chi connectivity index (χ3v) is 8.56. The first-order chi connectivity index (χ1) is 13.5. The van der Waals surface area contributed by atoms with Gasteiger partial charge in [-0.1, -0.05) is 80.3 Å². The van der Waals surface area contributed by atoms with Gasteiger partial charge in [0.25, 0.3) is 0 Å². The molecule has 2 atom stereocenters. The number of carbonyl (C=O) groups excluding carboxylic acids is 1. The van der Waals surface area contributed by atoms with Crippen LogP contribution in [0.3, 0.4) is 0 Å². The monoisotopic (exact) mass is 427 g/mol. The van der Waals surface area contributed by atoms with E-state index >= 15 is 0 Å².